The van der Waals surface area contributed by atoms with E-state index in [1.807, 2.05) is 13.8 Å². The third-order valence-corrected chi connectivity index (χ3v) is 2.11. The van der Waals surface area contributed by atoms with E-state index in [9.17, 15) is 4.79 Å². The molecule has 0 radical (unpaired) electrons. The van der Waals surface area contributed by atoms with Crippen molar-refractivity contribution in [2.75, 3.05) is 0 Å². The first-order valence-electron chi connectivity index (χ1n) is 3.94. The van der Waals surface area contributed by atoms with Gasteiger partial charge >= 0.3 is 0 Å². The number of amides is 1. The van der Waals surface area contributed by atoms with E-state index in [4.69, 9.17) is 18.0 Å². The second-order valence-corrected chi connectivity index (χ2v) is 3.35. The van der Waals surface area contributed by atoms with Crippen LogP contribution in [0.2, 0.25) is 0 Å². The van der Waals surface area contributed by atoms with Crippen LogP contribution < -0.4 is 5.73 Å². The maximum Gasteiger partial charge on any atom is 0.219 e. The number of carbonyl (C=O) groups excluding carboxylic acids is 1. The van der Waals surface area contributed by atoms with Crippen molar-refractivity contribution in [1.82, 2.24) is 14.8 Å². The van der Waals surface area contributed by atoms with E-state index in [0.717, 1.165) is 5.82 Å². The Balaban J connectivity index is 2.94. The quantitative estimate of drug-likeness (QED) is 0.704. The zero-order valence-corrected chi connectivity index (χ0v) is 8.39. The van der Waals surface area contributed by atoms with Gasteiger partial charge in [-0.05, 0) is 26.1 Å². The molecule has 0 aliphatic heterocycles. The first-order chi connectivity index (χ1) is 6.02. The Bertz CT molecular complexity index is 367. The van der Waals surface area contributed by atoms with Crippen LogP contribution in [0.1, 0.15) is 25.2 Å². The van der Waals surface area contributed by atoms with E-state index < -0.39 is 0 Å². The van der Waals surface area contributed by atoms with Crippen LogP contribution in [-0.4, -0.2) is 20.7 Å². The van der Waals surface area contributed by atoms with Gasteiger partial charge in [-0.1, -0.05) is 0 Å². The molecule has 1 rings (SSSR count). The number of hydrogen-bond acceptors (Lipinski definition) is 3. The summed E-state index contributed by atoms with van der Waals surface area (Å²) in [7, 11) is 0. The average Bonchev–Trinajstić information content (AvgIpc) is 2.29. The standard InChI is InChI=1S/C7H12N4OS/c1-4(3-6(8)12)11-5(2)9-10-7(11)13/h4H,3H2,1-2H3,(H2,8,12)(H,10,13). The second-order valence-electron chi connectivity index (χ2n) is 2.97. The molecular formula is C7H12N4OS. The summed E-state index contributed by atoms with van der Waals surface area (Å²) in [4.78, 5) is 10.7. The zero-order chi connectivity index (χ0) is 10.0. The summed E-state index contributed by atoms with van der Waals surface area (Å²) in [5, 5.41) is 6.59. The summed E-state index contributed by atoms with van der Waals surface area (Å²) < 4.78 is 2.30. The van der Waals surface area contributed by atoms with Gasteiger partial charge in [0.05, 0.1) is 0 Å². The molecule has 1 unspecified atom stereocenters. The smallest absolute Gasteiger partial charge is 0.219 e. The molecule has 0 aliphatic rings. The molecular weight excluding hydrogens is 188 g/mol. The number of aromatic nitrogens is 3. The molecule has 1 atom stereocenters. The molecule has 0 spiro atoms. The molecule has 0 aliphatic carbocycles. The largest absolute Gasteiger partial charge is 0.370 e. The van der Waals surface area contributed by atoms with Gasteiger partial charge in [-0.3, -0.25) is 9.89 Å². The van der Waals surface area contributed by atoms with E-state index in [0.29, 0.717) is 4.77 Å². The number of H-pyrrole nitrogens is 1. The highest BCUT2D eigenvalue weighted by Gasteiger charge is 2.11. The number of nitrogens with two attached hydrogens (primary N) is 1. The molecule has 0 saturated heterocycles. The van der Waals surface area contributed by atoms with Crippen LogP contribution in [0, 0.1) is 11.7 Å². The monoisotopic (exact) mass is 200 g/mol. The first-order valence-corrected chi connectivity index (χ1v) is 4.35. The number of hydrogen-bond donors (Lipinski definition) is 2. The zero-order valence-electron chi connectivity index (χ0n) is 7.57. The predicted octanol–water partition coefficient (Wildman–Crippen LogP) is 0.686. The van der Waals surface area contributed by atoms with Crippen LogP contribution in [0.15, 0.2) is 0 Å². The first kappa shape index (κ1) is 9.91. The maximum absolute atomic E-state index is 10.7. The van der Waals surface area contributed by atoms with Crippen LogP contribution in [0.5, 0.6) is 0 Å². The van der Waals surface area contributed by atoms with Gasteiger partial charge in [0.2, 0.25) is 5.91 Å². The lowest BCUT2D eigenvalue weighted by Crippen LogP contribution is -2.18. The van der Waals surface area contributed by atoms with Crippen molar-refractivity contribution in [2.45, 2.75) is 26.3 Å². The van der Waals surface area contributed by atoms with E-state index in [2.05, 4.69) is 10.2 Å². The summed E-state index contributed by atoms with van der Waals surface area (Å²) in [5.74, 6) is 0.425. The third kappa shape index (κ3) is 2.15. The minimum absolute atomic E-state index is 0.0382. The Morgan fingerprint density at radius 3 is 2.85 bits per heavy atom. The molecule has 1 aromatic heterocycles. The van der Waals surface area contributed by atoms with E-state index >= 15 is 0 Å². The predicted molar refractivity (Wildman–Crippen MR) is 50.7 cm³/mol. The molecule has 13 heavy (non-hydrogen) atoms. The average molecular weight is 200 g/mol. The van der Waals surface area contributed by atoms with Crippen molar-refractivity contribution in [1.29, 1.82) is 0 Å². The fraction of sp³-hybridized carbons (Fsp3) is 0.571. The summed E-state index contributed by atoms with van der Waals surface area (Å²) >= 11 is 4.99. The number of aryl methyl sites for hydroxylation is 1. The molecule has 5 nitrogen and oxygen atoms in total. The maximum atomic E-state index is 10.7. The van der Waals surface area contributed by atoms with Crippen LogP contribution in [0.4, 0.5) is 0 Å². The minimum Gasteiger partial charge on any atom is -0.370 e. The van der Waals surface area contributed by atoms with Crippen molar-refractivity contribution in [3.63, 3.8) is 0 Å². The van der Waals surface area contributed by atoms with Crippen molar-refractivity contribution in [3.8, 4) is 0 Å². The molecule has 0 aromatic carbocycles. The molecule has 6 heteroatoms. The highest BCUT2D eigenvalue weighted by molar-refractivity contribution is 7.71. The lowest BCUT2D eigenvalue weighted by atomic mass is 10.2. The van der Waals surface area contributed by atoms with Crippen molar-refractivity contribution < 1.29 is 4.79 Å². The molecule has 0 saturated carbocycles. The number of rotatable bonds is 3. The van der Waals surface area contributed by atoms with Gasteiger partial charge in [0, 0.05) is 12.5 Å². The van der Waals surface area contributed by atoms with Gasteiger partial charge in [0.25, 0.3) is 0 Å². The second kappa shape index (κ2) is 3.69. The number of primary amides is 1. The number of nitrogens with zero attached hydrogens (tertiary/aromatic N) is 2. The van der Waals surface area contributed by atoms with Gasteiger partial charge < -0.3 is 10.3 Å². The molecule has 0 fully saturated rings. The van der Waals surface area contributed by atoms with Crippen LogP contribution in [0.25, 0.3) is 0 Å². The van der Waals surface area contributed by atoms with Crippen LogP contribution in [0.3, 0.4) is 0 Å². The molecule has 0 bridgehead atoms. The molecule has 72 valence electrons. The Kier molecular flexibility index (Phi) is 2.82. The summed E-state index contributed by atoms with van der Waals surface area (Å²) in [5.41, 5.74) is 5.08. The van der Waals surface area contributed by atoms with E-state index in [1.54, 1.807) is 4.57 Å². The van der Waals surface area contributed by atoms with E-state index in [-0.39, 0.29) is 18.4 Å². The van der Waals surface area contributed by atoms with Gasteiger partial charge in [0.1, 0.15) is 5.82 Å². The van der Waals surface area contributed by atoms with Crippen molar-refractivity contribution >= 4 is 18.1 Å². The summed E-state index contributed by atoms with van der Waals surface area (Å²) in [6, 6.07) is -0.0382. The number of aromatic amines is 1. The molecule has 1 amide bonds. The van der Waals surface area contributed by atoms with Gasteiger partial charge in [-0.2, -0.15) is 5.10 Å². The molecule has 3 N–H and O–H groups in total. The molecule has 1 aromatic rings. The Morgan fingerprint density at radius 2 is 2.46 bits per heavy atom. The number of nitrogens with one attached hydrogen (secondary N) is 1. The Labute approximate surface area is 80.9 Å². The number of carbonyl (C=O) groups is 1. The van der Waals surface area contributed by atoms with Crippen LogP contribution >= 0.6 is 12.2 Å². The Hall–Kier alpha value is -1.17. The van der Waals surface area contributed by atoms with Gasteiger partial charge in [0.15, 0.2) is 4.77 Å². The fourth-order valence-corrected chi connectivity index (χ4v) is 1.64. The lowest BCUT2D eigenvalue weighted by Gasteiger charge is -2.11. The van der Waals surface area contributed by atoms with Crippen LogP contribution in [-0.2, 0) is 4.79 Å². The normalized spacial score (nSPS) is 12.8. The van der Waals surface area contributed by atoms with Crippen molar-refractivity contribution in [2.24, 2.45) is 5.73 Å². The summed E-state index contributed by atoms with van der Waals surface area (Å²) in [6.45, 7) is 3.70. The topological polar surface area (TPSA) is 76.7 Å². The van der Waals surface area contributed by atoms with Crippen molar-refractivity contribution in [3.05, 3.63) is 10.6 Å². The van der Waals surface area contributed by atoms with Gasteiger partial charge in [-0.25, -0.2) is 0 Å². The SMILES string of the molecule is Cc1n[nH]c(=S)n1C(C)CC(N)=O. The Morgan fingerprint density at radius 1 is 1.85 bits per heavy atom. The minimum atomic E-state index is -0.338. The molecule has 1 heterocycles. The summed E-state index contributed by atoms with van der Waals surface area (Å²) in [6.07, 6.45) is 0.272. The fourth-order valence-electron chi connectivity index (χ4n) is 1.28. The third-order valence-electron chi connectivity index (χ3n) is 1.82. The lowest BCUT2D eigenvalue weighted by molar-refractivity contribution is -0.118. The highest BCUT2D eigenvalue weighted by atomic mass is 32.1. The highest BCUT2D eigenvalue weighted by Crippen LogP contribution is 2.12. The van der Waals surface area contributed by atoms with E-state index in [1.165, 1.54) is 0 Å². The van der Waals surface area contributed by atoms with Gasteiger partial charge in [-0.15, -0.1) is 0 Å².